The number of pyridine rings is 1. The highest BCUT2D eigenvalue weighted by atomic mass is 16.2. The monoisotopic (exact) mass is 387 g/mol. The van der Waals surface area contributed by atoms with Crippen LogP contribution >= 0.6 is 0 Å². The molecule has 1 saturated heterocycles. The summed E-state index contributed by atoms with van der Waals surface area (Å²) >= 11 is 0. The molecule has 148 valence electrons. The van der Waals surface area contributed by atoms with Crippen LogP contribution in [0.5, 0.6) is 0 Å². The summed E-state index contributed by atoms with van der Waals surface area (Å²) in [5.74, 6) is 0.463. The van der Waals surface area contributed by atoms with Gasteiger partial charge in [-0.2, -0.15) is 5.10 Å². The highest BCUT2D eigenvalue weighted by Gasteiger charge is 2.34. The Balaban J connectivity index is 1.31. The standard InChI is InChI=1S/C23H25N5O/c29-23(26-21-14-25-13-19(21)15-4-2-1-3-5-15)17-6-7-20-18(12-17)22(28-27-20)16-8-10-24-11-9-16/h1-5,8-11,17,19,21,25H,6-7,12-14H2,(H,26,29)(H,27,28)/t17?,19-,21+/m1/s1. The molecule has 3 N–H and O–H groups in total. The van der Waals surface area contributed by atoms with Crippen LogP contribution in [0.25, 0.3) is 11.3 Å². The summed E-state index contributed by atoms with van der Waals surface area (Å²) in [5, 5.41) is 14.5. The highest BCUT2D eigenvalue weighted by Crippen LogP contribution is 2.32. The van der Waals surface area contributed by atoms with Crippen molar-refractivity contribution in [2.75, 3.05) is 13.1 Å². The highest BCUT2D eigenvalue weighted by molar-refractivity contribution is 5.80. The van der Waals surface area contributed by atoms with Crippen molar-refractivity contribution in [2.45, 2.75) is 31.2 Å². The van der Waals surface area contributed by atoms with Crippen LogP contribution in [0.3, 0.4) is 0 Å². The summed E-state index contributed by atoms with van der Waals surface area (Å²) in [7, 11) is 0. The molecule has 3 aromatic rings. The first-order valence-electron chi connectivity index (χ1n) is 10.3. The van der Waals surface area contributed by atoms with Gasteiger partial charge in [0.25, 0.3) is 0 Å². The SMILES string of the molecule is O=C(N[C@H]1CNC[C@@H]1c1ccccc1)C1CCc2[nH]nc(-c3ccncc3)c2C1. The zero-order valence-corrected chi connectivity index (χ0v) is 16.3. The molecular formula is C23H25N5O. The van der Waals surface area contributed by atoms with E-state index in [4.69, 9.17) is 0 Å². The molecule has 1 unspecified atom stereocenters. The maximum Gasteiger partial charge on any atom is 0.223 e. The first kappa shape index (κ1) is 18.1. The molecule has 1 amide bonds. The average Bonchev–Trinajstić information content (AvgIpc) is 3.41. The largest absolute Gasteiger partial charge is 0.351 e. The minimum atomic E-state index is -0.0160. The molecule has 2 aromatic heterocycles. The van der Waals surface area contributed by atoms with Crippen LogP contribution < -0.4 is 10.6 Å². The van der Waals surface area contributed by atoms with E-state index in [0.29, 0.717) is 5.92 Å². The number of nitrogens with zero attached hydrogens (tertiary/aromatic N) is 2. The second-order valence-corrected chi connectivity index (χ2v) is 8.00. The van der Waals surface area contributed by atoms with Crippen LogP contribution in [0.1, 0.15) is 29.2 Å². The number of carbonyl (C=O) groups excluding carboxylic acids is 1. The summed E-state index contributed by atoms with van der Waals surface area (Å²) in [6.45, 7) is 1.72. The van der Waals surface area contributed by atoms with E-state index < -0.39 is 0 Å². The first-order chi connectivity index (χ1) is 14.3. The van der Waals surface area contributed by atoms with Gasteiger partial charge in [0.2, 0.25) is 5.91 Å². The van der Waals surface area contributed by atoms with E-state index in [2.05, 4.69) is 50.1 Å². The molecular weight excluding hydrogens is 362 g/mol. The van der Waals surface area contributed by atoms with Gasteiger partial charge < -0.3 is 10.6 Å². The minimum absolute atomic E-state index is 0.0160. The molecule has 1 fully saturated rings. The van der Waals surface area contributed by atoms with Gasteiger partial charge >= 0.3 is 0 Å². The van der Waals surface area contributed by atoms with Gasteiger partial charge in [-0.05, 0) is 37.0 Å². The second kappa shape index (κ2) is 7.79. The van der Waals surface area contributed by atoms with Gasteiger partial charge in [-0.3, -0.25) is 14.9 Å². The van der Waals surface area contributed by atoms with Crippen molar-refractivity contribution >= 4 is 5.91 Å². The fourth-order valence-corrected chi connectivity index (χ4v) is 4.65. The number of amides is 1. The van der Waals surface area contributed by atoms with Gasteiger partial charge in [0.05, 0.1) is 5.69 Å². The van der Waals surface area contributed by atoms with Gasteiger partial charge in [0.1, 0.15) is 0 Å². The fourth-order valence-electron chi connectivity index (χ4n) is 4.65. The zero-order valence-electron chi connectivity index (χ0n) is 16.3. The van der Waals surface area contributed by atoms with Crippen LogP contribution in [0.15, 0.2) is 54.9 Å². The molecule has 0 spiro atoms. The number of aromatic amines is 1. The molecule has 29 heavy (non-hydrogen) atoms. The molecule has 1 aromatic carbocycles. The molecule has 5 rings (SSSR count). The van der Waals surface area contributed by atoms with Crippen molar-refractivity contribution in [3.63, 3.8) is 0 Å². The number of hydrogen-bond acceptors (Lipinski definition) is 4. The molecule has 0 bridgehead atoms. The lowest BCUT2D eigenvalue weighted by atomic mass is 9.84. The number of aromatic nitrogens is 3. The third kappa shape index (κ3) is 3.56. The summed E-state index contributed by atoms with van der Waals surface area (Å²) < 4.78 is 0. The molecule has 0 saturated carbocycles. The number of hydrogen-bond donors (Lipinski definition) is 3. The lowest BCUT2D eigenvalue weighted by Crippen LogP contribution is -2.43. The molecule has 3 atom stereocenters. The number of benzene rings is 1. The molecule has 0 radical (unpaired) electrons. The summed E-state index contributed by atoms with van der Waals surface area (Å²) in [6, 6.07) is 14.5. The Bertz CT molecular complexity index is 985. The second-order valence-electron chi connectivity index (χ2n) is 8.00. The topological polar surface area (TPSA) is 82.7 Å². The Morgan fingerprint density at radius 1 is 1.07 bits per heavy atom. The predicted molar refractivity (Wildman–Crippen MR) is 111 cm³/mol. The van der Waals surface area contributed by atoms with Crippen LogP contribution in [0.2, 0.25) is 0 Å². The lowest BCUT2D eigenvalue weighted by molar-refractivity contribution is -0.126. The van der Waals surface area contributed by atoms with E-state index in [-0.39, 0.29) is 17.9 Å². The third-order valence-electron chi connectivity index (χ3n) is 6.24. The minimum Gasteiger partial charge on any atom is -0.351 e. The third-order valence-corrected chi connectivity index (χ3v) is 6.24. The van der Waals surface area contributed by atoms with Gasteiger partial charge in [0.15, 0.2) is 0 Å². The fraction of sp³-hybridized carbons (Fsp3) is 0.348. The maximum absolute atomic E-state index is 13.1. The summed E-state index contributed by atoms with van der Waals surface area (Å²) in [6.07, 6.45) is 6.00. The van der Waals surface area contributed by atoms with Crippen molar-refractivity contribution in [1.82, 2.24) is 25.8 Å². The van der Waals surface area contributed by atoms with Crippen molar-refractivity contribution in [1.29, 1.82) is 0 Å². The lowest BCUT2D eigenvalue weighted by Gasteiger charge is -2.26. The molecule has 1 aliphatic heterocycles. The van der Waals surface area contributed by atoms with E-state index >= 15 is 0 Å². The van der Waals surface area contributed by atoms with E-state index in [0.717, 1.165) is 49.3 Å². The van der Waals surface area contributed by atoms with E-state index in [1.165, 1.54) is 11.1 Å². The van der Waals surface area contributed by atoms with Gasteiger partial charge in [-0.15, -0.1) is 0 Å². The average molecular weight is 387 g/mol. The summed E-state index contributed by atoms with van der Waals surface area (Å²) in [4.78, 5) is 17.2. The number of carbonyl (C=O) groups is 1. The van der Waals surface area contributed by atoms with Gasteiger partial charge in [-0.1, -0.05) is 30.3 Å². The normalized spacial score (nSPS) is 23.5. The number of nitrogens with one attached hydrogen (secondary N) is 3. The van der Waals surface area contributed by atoms with Crippen LogP contribution in [0.4, 0.5) is 0 Å². The van der Waals surface area contributed by atoms with E-state index in [9.17, 15) is 4.79 Å². The Morgan fingerprint density at radius 3 is 2.72 bits per heavy atom. The van der Waals surface area contributed by atoms with Crippen LogP contribution in [0, 0.1) is 5.92 Å². The van der Waals surface area contributed by atoms with Gasteiger partial charge in [-0.25, -0.2) is 0 Å². The number of aryl methyl sites for hydroxylation is 1. The predicted octanol–water partition coefficient (Wildman–Crippen LogP) is 2.45. The van der Waals surface area contributed by atoms with Crippen molar-refractivity contribution in [2.24, 2.45) is 5.92 Å². The van der Waals surface area contributed by atoms with Crippen LogP contribution in [-0.2, 0) is 17.6 Å². The summed E-state index contributed by atoms with van der Waals surface area (Å²) in [5.41, 5.74) is 5.60. The molecule has 1 aliphatic carbocycles. The molecule has 6 heteroatoms. The van der Waals surface area contributed by atoms with Crippen molar-refractivity contribution in [3.05, 3.63) is 71.7 Å². The maximum atomic E-state index is 13.1. The van der Waals surface area contributed by atoms with E-state index in [1.54, 1.807) is 12.4 Å². The molecule has 6 nitrogen and oxygen atoms in total. The molecule has 3 heterocycles. The number of fused-ring (bicyclic) bond motifs is 1. The Kier molecular flexibility index (Phi) is 4.86. The van der Waals surface area contributed by atoms with Crippen molar-refractivity contribution < 1.29 is 4.79 Å². The number of H-pyrrole nitrogens is 1. The van der Waals surface area contributed by atoms with Gasteiger partial charge in [0, 0.05) is 60.2 Å². The zero-order chi connectivity index (χ0) is 19.6. The Labute approximate surface area is 170 Å². The Morgan fingerprint density at radius 2 is 1.90 bits per heavy atom. The molecule has 2 aliphatic rings. The van der Waals surface area contributed by atoms with Crippen molar-refractivity contribution in [3.8, 4) is 11.3 Å². The number of rotatable bonds is 4. The smallest absolute Gasteiger partial charge is 0.223 e. The first-order valence-corrected chi connectivity index (χ1v) is 10.3. The Hall–Kier alpha value is -2.99. The van der Waals surface area contributed by atoms with E-state index in [1.807, 2.05) is 18.2 Å². The van der Waals surface area contributed by atoms with Crippen LogP contribution in [-0.4, -0.2) is 40.2 Å². The quantitative estimate of drug-likeness (QED) is 0.642.